The Morgan fingerprint density at radius 3 is 2.65 bits per heavy atom. The number of nitrogens with zero attached hydrogens (tertiary/aromatic N) is 1. The van der Waals surface area contributed by atoms with E-state index < -0.39 is 10.0 Å². The van der Waals surface area contributed by atoms with Crippen molar-refractivity contribution in [3.05, 3.63) is 23.1 Å². The highest BCUT2D eigenvalue weighted by atomic mass is 32.2. The van der Waals surface area contributed by atoms with Crippen molar-refractivity contribution in [2.24, 2.45) is 16.2 Å². The van der Waals surface area contributed by atoms with E-state index in [2.05, 4.69) is 10.5 Å². The molecule has 0 atom stereocenters. The number of sulfonamides is 1. The molecule has 1 saturated heterocycles. The molecule has 1 aliphatic rings. The summed E-state index contributed by atoms with van der Waals surface area (Å²) in [5.41, 5.74) is 0.558. The first kappa shape index (κ1) is 14.9. The zero-order valence-electron chi connectivity index (χ0n) is 10.9. The van der Waals surface area contributed by atoms with Gasteiger partial charge in [0.15, 0.2) is 0 Å². The highest BCUT2D eigenvalue weighted by Gasteiger charge is 2.16. The zero-order valence-corrected chi connectivity index (χ0v) is 11.7. The molecule has 1 aliphatic heterocycles. The number of rotatable bonds is 5. The van der Waals surface area contributed by atoms with Gasteiger partial charge in [0.2, 0.25) is 10.0 Å². The summed E-state index contributed by atoms with van der Waals surface area (Å²) in [6.07, 6.45) is 1.93. The van der Waals surface area contributed by atoms with E-state index in [-0.39, 0.29) is 10.6 Å². The third-order valence-corrected chi connectivity index (χ3v) is 4.23. The Balaban J connectivity index is 2.09. The molecule has 1 heterocycles. The molecule has 0 aliphatic carbocycles. The van der Waals surface area contributed by atoms with Crippen molar-refractivity contribution in [2.75, 3.05) is 25.1 Å². The van der Waals surface area contributed by atoms with Gasteiger partial charge in [-0.2, -0.15) is 0 Å². The van der Waals surface area contributed by atoms with E-state index in [0.717, 1.165) is 26.1 Å². The van der Waals surface area contributed by atoms with Gasteiger partial charge in [-0.1, -0.05) is 0 Å². The Morgan fingerprint density at radius 2 is 2.05 bits per heavy atom. The molecular weight excluding hydrogens is 282 g/mol. The van der Waals surface area contributed by atoms with Crippen LogP contribution in [0.2, 0.25) is 0 Å². The number of primary sulfonamides is 1. The molecule has 0 radical (unpaired) electrons. The van der Waals surface area contributed by atoms with Crippen molar-refractivity contribution in [1.82, 2.24) is 0 Å². The first-order valence-corrected chi connectivity index (χ1v) is 7.87. The van der Waals surface area contributed by atoms with Crippen LogP contribution < -0.4 is 10.5 Å². The van der Waals surface area contributed by atoms with Crippen molar-refractivity contribution >= 4 is 21.4 Å². The summed E-state index contributed by atoms with van der Waals surface area (Å²) in [6, 6.07) is 4.04. The number of anilines is 1. The molecule has 3 N–H and O–H groups in total. The average Bonchev–Trinajstić information content (AvgIpc) is 2.45. The molecule has 0 aromatic heterocycles. The van der Waals surface area contributed by atoms with Gasteiger partial charge in [0.1, 0.15) is 5.69 Å². The minimum atomic E-state index is -3.83. The van der Waals surface area contributed by atoms with Gasteiger partial charge in [-0.25, -0.2) is 13.6 Å². The van der Waals surface area contributed by atoms with Gasteiger partial charge in [-0.05, 0) is 42.1 Å². The van der Waals surface area contributed by atoms with Crippen molar-refractivity contribution in [3.63, 3.8) is 0 Å². The number of ether oxygens (including phenoxy) is 1. The Morgan fingerprint density at radius 1 is 1.35 bits per heavy atom. The van der Waals surface area contributed by atoms with Gasteiger partial charge in [-0.15, -0.1) is 4.91 Å². The summed E-state index contributed by atoms with van der Waals surface area (Å²) in [5.74, 6) is 0.473. The van der Waals surface area contributed by atoms with Crippen LogP contribution in [-0.4, -0.2) is 28.2 Å². The van der Waals surface area contributed by atoms with Crippen molar-refractivity contribution < 1.29 is 13.2 Å². The molecule has 0 spiro atoms. The van der Waals surface area contributed by atoms with Crippen LogP contribution in [0.1, 0.15) is 12.8 Å². The SMILES string of the molecule is NS(=O)(=O)c1ccc(NCC2CCOCC2)c(N=O)c1. The van der Waals surface area contributed by atoms with Crippen LogP contribution in [-0.2, 0) is 14.8 Å². The topological polar surface area (TPSA) is 111 Å². The standard InChI is InChI=1S/C12H17N3O4S/c13-20(17,18)10-1-2-11(12(7-10)15-16)14-8-9-3-5-19-6-4-9/h1-2,7,9,14H,3-6,8H2,(H2,13,17,18). The summed E-state index contributed by atoms with van der Waals surface area (Å²) in [7, 11) is -3.83. The number of benzene rings is 1. The van der Waals surface area contributed by atoms with Gasteiger partial charge < -0.3 is 10.1 Å². The lowest BCUT2D eigenvalue weighted by Crippen LogP contribution is -2.22. The van der Waals surface area contributed by atoms with Crippen LogP contribution in [0.3, 0.4) is 0 Å². The second-order valence-corrected chi connectivity index (χ2v) is 6.31. The summed E-state index contributed by atoms with van der Waals surface area (Å²) >= 11 is 0. The highest BCUT2D eigenvalue weighted by Crippen LogP contribution is 2.28. The summed E-state index contributed by atoms with van der Waals surface area (Å²) < 4.78 is 27.7. The van der Waals surface area contributed by atoms with Gasteiger partial charge in [0.25, 0.3) is 0 Å². The fraction of sp³-hybridized carbons (Fsp3) is 0.500. The van der Waals surface area contributed by atoms with Crippen LogP contribution in [0.5, 0.6) is 0 Å². The molecule has 8 heteroatoms. The van der Waals surface area contributed by atoms with Gasteiger partial charge >= 0.3 is 0 Å². The molecule has 1 aromatic carbocycles. The minimum Gasteiger partial charge on any atom is -0.383 e. The van der Waals surface area contributed by atoms with Crippen LogP contribution >= 0.6 is 0 Å². The smallest absolute Gasteiger partial charge is 0.238 e. The molecule has 20 heavy (non-hydrogen) atoms. The molecule has 1 fully saturated rings. The lowest BCUT2D eigenvalue weighted by atomic mass is 10.0. The highest BCUT2D eigenvalue weighted by molar-refractivity contribution is 7.89. The Kier molecular flexibility index (Phi) is 4.69. The molecule has 0 amide bonds. The number of nitroso groups, excluding NO2 is 1. The van der Waals surface area contributed by atoms with E-state index >= 15 is 0 Å². The Labute approximate surface area is 117 Å². The number of hydrogen-bond acceptors (Lipinski definition) is 6. The van der Waals surface area contributed by atoms with E-state index in [0.29, 0.717) is 18.2 Å². The van der Waals surface area contributed by atoms with Crippen molar-refractivity contribution in [3.8, 4) is 0 Å². The molecule has 0 unspecified atom stereocenters. The Bertz CT molecular complexity index is 582. The van der Waals surface area contributed by atoms with Crippen LogP contribution in [0, 0.1) is 10.8 Å². The summed E-state index contributed by atoms with van der Waals surface area (Å²) in [4.78, 5) is 10.7. The monoisotopic (exact) mass is 299 g/mol. The normalized spacial score (nSPS) is 16.9. The molecule has 110 valence electrons. The number of nitrogens with two attached hydrogens (primary N) is 1. The molecule has 1 aromatic rings. The first-order chi connectivity index (χ1) is 9.50. The van der Waals surface area contributed by atoms with E-state index in [1.807, 2.05) is 0 Å². The van der Waals surface area contributed by atoms with E-state index in [9.17, 15) is 13.3 Å². The average molecular weight is 299 g/mol. The second kappa shape index (κ2) is 6.29. The van der Waals surface area contributed by atoms with Crippen LogP contribution in [0.15, 0.2) is 28.3 Å². The maximum Gasteiger partial charge on any atom is 0.238 e. The van der Waals surface area contributed by atoms with Crippen molar-refractivity contribution in [1.29, 1.82) is 0 Å². The zero-order chi connectivity index (χ0) is 14.6. The predicted molar refractivity (Wildman–Crippen MR) is 75.3 cm³/mol. The molecule has 0 bridgehead atoms. The van der Waals surface area contributed by atoms with Crippen molar-refractivity contribution in [2.45, 2.75) is 17.7 Å². The second-order valence-electron chi connectivity index (χ2n) is 4.75. The maximum absolute atomic E-state index is 11.2. The largest absolute Gasteiger partial charge is 0.383 e. The number of nitrogens with one attached hydrogen (secondary N) is 1. The maximum atomic E-state index is 11.2. The van der Waals surface area contributed by atoms with Crippen LogP contribution in [0.25, 0.3) is 0 Å². The van der Waals surface area contributed by atoms with E-state index in [1.54, 1.807) is 0 Å². The molecular formula is C12H17N3O4S. The molecule has 7 nitrogen and oxygen atoms in total. The predicted octanol–water partition coefficient (Wildman–Crippen LogP) is 1.57. The fourth-order valence-electron chi connectivity index (χ4n) is 2.12. The Hall–Kier alpha value is -1.51. The fourth-order valence-corrected chi connectivity index (χ4v) is 2.65. The minimum absolute atomic E-state index is 0.0450. The molecule has 0 saturated carbocycles. The van der Waals surface area contributed by atoms with Gasteiger partial charge in [-0.3, -0.25) is 0 Å². The lowest BCUT2D eigenvalue weighted by molar-refractivity contribution is 0.0699. The lowest BCUT2D eigenvalue weighted by Gasteiger charge is -2.22. The third-order valence-electron chi connectivity index (χ3n) is 3.32. The van der Waals surface area contributed by atoms with Crippen LogP contribution in [0.4, 0.5) is 11.4 Å². The first-order valence-electron chi connectivity index (χ1n) is 6.32. The van der Waals surface area contributed by atoms with Gasteiger partial charge in [0, 0.05) is 19.8 Å². The number of hydrogen-bond donors (Lipinski definition) is 2. The quantitative estimate of drug-likeness (QED) is 0.802. The van der Waals surface area contributed by atoms with E-state index in [4.69, 9.17) is 9.88 Å². The molecule has 2 rings (SSSR count). The summed E-state index contributed by atoms with van der Waals surface area (Å²) in [6.45, 7) is 2.19. The van der Waals surface area contributed by atoms with Gasteiger partial charge in [0.05, 0.1) is 10.6 Å². The third kappa shape index (κ3) is 3.75. The van der Waals surface area contributed by atoms with E-state index in [1.165, 1.54) is 18.2 Å². The summed E-state index contributed by atoms with van der Waals surface area (Å²) in [5, 5.41) is 11.0.